The highest BCUT2D eigenvalue weighted by Gasteiger charge is 2.40. The van der Waals surface area contributed by atoms with Crippen LogP contribution in [0.15, 0.2) is 24.3 Å². The molecule has 0 spiro atoms. The van der Waals surface area contributed by atoms with Gasteiger partial charge in [0.25, 0.3) is 0 Å². The average Bonchev–Trinajstić information content (AvgIpc) is 2.34. The Hall–Kier alpha value is -1.15. The molecule has 20 heavy (non-hydrogen) atoms. The maximum absolute atomic E-state index is 12.8. The van der Waals surface area contributed by atoms with Crippen molar-refractivity contribution in [2.45, 2.75) is 66.1 Å². The van der Waals surface area contributed by atoms with Gasteiger partial charge in [-0.05, 0) is 38.3 Å². The number of Topliss-reactive ketones (excluding diaryl/α,β-unsaturated/α-hetero) is 1. The van der Waals surface area contributed by atoms with Crippen LogP contribution >= 0.6 is 0 Å². The lowest BCUT2D eigenvalue weighted by molar-refractivity contribution is -0.135. The predicted octanol–water partition coefficient (Wildman–Crippen LogP) is 3.83. The number of ketones is 1. The van der Waals surface area contributed by atoms with Crippen LogP contribution in [0.4, 0.5) is 0 Å². The highest BCUT2D eigenvalue weighted by Crippen LogP contribution is 2.33. The molecule has 0 N–H and O–H groups in total. The van der Waals surface area contributed by atoms with Crippen molar-refractivity contribution in [1.82, 2.24) is 4.90 Å². The van der Waals surface area contributed by atoms with Crippen molar-refractivity contribution >= 4 is 5.78 Å². The van der Waals surface area contributed by atoms with Gasteiger partial charge in [0.15, 0.2) is 5.78 Å². The SMILES string of the molecule is CC(C)(C)C(=O)C1Cc2ccccc2CN1C(C)(C)C. The molecular formula is C18H27NO. The van der Waals surface area contributed by atoms with Crippen molar-refractivity contribution < 1.29 is 4.79 Å². The van der Waals surface area contributed by atoms with E-state index in [1.165, 1.54) is 11.1 Å². The molecule has 0 saturated heterocycles. The Labute approximate surface area is 123 Å². The van der Waals surface area contributed by atoms with Crippen LogP contribution in [0.5, 0.6) is 0 Å². The second-order valence-corrected chi connectivity index (χ2v) is 7.90. The monoisotopic (exact) mass is 273 g/mol. The molecule has 0 amide bonds. The molecule has 1 unspecified atom stereocenters. The molecule has 0 bridgehead atoms. The van der Waals surface area contributed by atoms with Crippen LogP contribution < -0.4 is 0 Å². The Bertz CT molecular complexity index is 505. The molecule has 0 aromatic heterocycles. The van der Waals surface area contributed by atoms with Gasteiger partial charge in [-0.2, -0.15) is 0 Å². The van der Waals surface area contributed by atoms with Gasteiger partial charge in [0.2, 0.25) is 0 Å². The molecule has 1 aromatic rings. The molecule has 0 radical (unpaired) electrons. The van der Waals surface area contributed by atoms with Gasteiger partial charge >= 0.3 is 0 Å². The van der Waals surface area contributed by atoms with E-state index in [-0.39, 0.29) is 17.0 Å². The minimum atomic E-state index is -0.291. The smallest absolute Gasteiger partial charge is 0.155 e. The Morgan fingerprint density at radius 3 is 2.10 bits per heavy atom. The zero-order chi connectivity index (χ0) is 15.1. The van der Waals surface area contributed by atoms with E-state index in [0.29, 0.717) is 5.78 Å². The molecule has 0 fully saturated rings. The zero-order valence-corrected chi connectivity index (χ0v) is 13.7. The van der Waals surface area contributed by atoms with E-state index in [0.717, 1.165) is 13.0 Å². The number of benzene rings is 1. The fourth-order valence-corrected chi connectivity index (χ4v) is 2.96. The summed E-state index contributed by atoms with van der Waals surface area (Å²) in [6.45, 7) is 13.5. The van der Waals surface area contributed by atoms with Gasteiger partial charge < -0.3 is 0 Å². The van der Waals surface area contributed by atoms with Gasteiger partial charge in [-0.1, -0.05) is 45.0 Å². The van der Waals surface area contributed by atoms with Gasteiger partial charge in [0, 0.05) is 17.5 Å². The molecule has 1 aromatic carbocycles. The largest absolute Gasteiger partial charge is 0.297 e. The summed E-state index contributed by atoms with van der Waals surface area (Å²) in [5.74, 6) is 0.349. The van der Waals surface area contributed by atoms with E-state index in [2.05, 4.69) is 49.9 Å². The first-order valence-electron chi connectivity index (χ1n) is 7.48. The molecule has 0 saturated carbocycles. The number of rotatable bonds is 1. The fourth-order valence-electron chi connectivity index (χ4n) is 2.96. The average molecular weight is 273 g/mol. The lowest BCUT2D eigenvalue weighted by Crippen LogP contribution is -2.56. The van der Waals surface area contributed by atoms with E-state index >= 15 is 0 Å². The van der Waals surface area contributed by atoms with Gasteiger partial charge in [-0.3, -0.25) is 9.69 Å². The second-order valence-electron chi connectivity index (χ2n) is 7.90. The molecule has 110 valence electrons. The van der Waals surface area contributed by atoms with Crippen LogP contribution in [-0.2, 0) is 17.8 Å². The minimum Gasteiger partial charge on any atom is -0.297 e. The lowest BCUT2D eigenvalue weighted by Gasteiger charge is -2.46. The number of carbonyl (C=O) groups is 1. The summed E-state index contributed by atoms with van der Waals surface area (Å²) in [4.78, 5) is 15.2. The minimum absolute atomic E-state index is 0.000885. The van der Waals surface area contributed by atoms with E-state index in [1.54, 1.807) is 0 Å². The molecule has 1 aliphatic heterocycles. The lowest BCUT2D eigenvalue weighted by atomic mass is 9.79. The van der Waals surface area contributed by atoms with Crippen molar-refractivity contribution in [2.75, 3.05) is 0 Å². The number of carbonyl (C=O) groups excluding carboxylic acids is 1. The van der Waals surface area contributed by atoms with Gasteiger partial charge in [0.1, 0.15) is 0 Å². The van der Waals surface area contributed by atoms with Crippen molar-refractivity contribution in [2.24, 2.45) is 5.41 Å². The Kier molecular flexibility index (Phi) is 3.81. The van der Waals surface area contributed by atoms with E-state index in [9.17, 15) is 4.79 Å². The van der Waals surface area contributed by atoms with E-state index in [4.69, 9.17) is 0 Å². The summed E-state index contributed by atoms with van der Waals surface area (Å²) in [5, 5.41) is 0. The molecule has 2 heteroatoms. The number of hydrogen-bond acceptors (Lipinski definition) is 2. The number of hydrogen-bond donors (Lipinski definition) is 0. The van der Waals surface area contributed by atoms with Crippen LogP contribution in [0, 0.1) is 5.41 Å². The highest BCUT2D eigenvalue weighted by molar-refractivity contribution is 5.89. The first-order valence-corrected chi connectivity index (χ1v) is 7.48. The van der Waals surface area contributed by atoms with Crippen LogP contribution in [0.25, 0.3) is 0 Å². The third-order valence-electron chi connectivity index (χ3n) is 4.15. The number of fused-ring (bicyclic) bond motifs is 1. The van der Waals surface area contributed by atoms with E-state index in [1.807, 2.05) is 20.8 Å². The molecule has 0 aliphatic carbocycles. The zero-order valence-electron chi connectivity index (χ0n) is 13.7. The van der Waals surface area contributed by atoms with E-state index < -0.39 is 0 Å². The van der Waals surface area contributed by atoms with Crippen LogP contribution in [-0.4, -0.2) is 22.3 Å². The van der Waals surface area contributed by atoms with Crippen molar-refractivity contribution in [3.05, 3.63) is 35.4 Å². The van der Waals surface area contributed by atoms with Gasteiger partial charge in [-0.25, -0.2) is 0 Å². The molecule has 2 nitrogen and oxygen atoms in total. The molecular weight excluding hydrogens is 246 g/mol. The van der Waals surface area contributed by atoms with Crippen LogP contribution in [0.1, 0.15) is 52.7 Å². The Morgan fingerprint density at radius 2 is 1.60 bits per heavy atom. The first kappa shape index (κ1) is 15.2. The quantitative estimate of drug-likeness (QED) is 0.775. The summed E-state index contributed by atoms with van der Waals surface area (Å²) >= 11 is 0. The topological polar surface area (TPSA) is 20.3 Å². The maximum Gasteiger partial charge on any atom is 0.155 e. The third-order valence-corrected chi connectivity index (χ3v) is 4.15. The number of nitrogens with zero attached hydrogens (tertiary/aromatic N) is 1. The molecule has 2 rings (SSSR count). The van der Waals surface area contributed by atoms with Crippen molar-refractivity contribution in [1.29, 1.82) is 0 Å². The molecule has 1 heterocycles. The summed E-state index contributed by atoms with van der Waals surface area (Å²) < 4.78 is 0. The van der Waals surface area contributed by atoms with Gasteiger partial charge in [0.05, 0.1) is 6.04 Å². The van der Waals surface area contributed by atoms with Crippen molar-refractivity contribution in [3.8, 4) is 0 Å². The standard InChI is InChI=1S/C18H27NO/c1-17(2,3)16(20)15-11-13-9-7-8-10-14(13)12-19(15)18(4,5)6/h7-10,15H,11-12H2,1-6H3. The summed E-state index contributed by atoms with van der Waals surface area (Å²) in [5.41, 5.74) is 2.40. The first-order chi connectivity index (χ1) is 9.10. The maximum atomic E-state index is 12.8. The highest BCUT2D eigenvalue weighted by atomic mass is 16.1. The summed E-state index contributed by atoms with van der Waals surface area (Å²) in [6.07, 6.45) is 0.837. The van der Waals surface area contributed by atoms with Crippen LogP contribution in [0.2, 0.25) is 0 Å². The second kappa shape index (κ2) is 5.00. The predicted molar refractivity (Wildman–Crippen MR) is 83.7 cm³/mol. The fraction of sp³-hybridized carbons (Fsp3) is 0.611. The molecule has 1 aliphatic rings. The normalized spacial score (nSPS) is 20.6. The Morgan fingerprint density at radius 1 is 1.05 bits per heavy atom. The summed E-state index contributed by atoms with van der Waals surface area (Å²) in [7, 11) is 0. The molecule has 1 atom stereocenters. The summed E-state index contributed by atoms with van der Waals surface area (Å²) in [6, 6.07) is 8.50. The third kappa shape index (κ3) is 2.95. The Balaban J connectivity index is 2.41. The van der Waals surface area contributed by atoms with Crippen molar-refractivity contribution in [3.63, 3.8) is 0 Å². The van der Waals surface area contributed by atoms with Crippen LogP contribution in [0.3, 0.4) is 0 Å². The van der Waals surface area contributed by atoms with Gasteiger partial charge in [-0.15, -0.1) is 0 Å².